The van der Waals surface area contributed by atoms with Crippen LogP contribution >= 0.6 is 0 Å². The first kappa shape index (κ1) is 14.9. The average molecular weight is 242 g/mol. The second-order valence-corrected chi connectivity index (χ2v) is 5.58. The van der Waals surface area contributed by atoms with E-state index in [0.29, 0.717) is 6.04 Å². The van der Waals surface area contributed by atoms with Gasteiger partial charge in [-0.1, -0.05) is 39.0 Å². The number of unbranched alkanes of at least 4 members (excludes halogenated alkanes) is 4. The van der Waals surface area contributed by atoms with Gasteiger partial charge in [0.15, 0.2) is 0 Å². The molecule has 1 heterocycles. The first-order valence-electron chi connectivity index (χ1n) is 7.22. The molecule has 2 unspecified atom stereocenters. The second kappa shape index (κ2) is 8.06. The van der Waals surface area contributed by atoms with E-state index in [4.69, 9.17) is 0 Å². The summed E-state index contributed by atoms with van der Waals surface area (Å²) in [6, 6.07) is 0.333. The van der Waals surface area contributed by atoms with Crippen molar-refractivity contribution in [1.29, 1.82) is 0 Å². The third-order valence-electron chi connectivity index (χ3n) is 3.95. The molecule has 0 aromatic carbocycles. The maximum absolute atomic E-state index is 10.3. The number of nitrogens with zero attached hydrogens (tertiary/aromatic N) is 2. The third kappa shape index (κ3) is 5.36. The Bertz CT molecular complexity index is 199. The van der Waals surface area contributed by atoms with Crippen LogP contribution in [0.5, 0.6) is 0 Å². The normalized spacial score (nSPS) is 25.1. The fourth-order valence-corrected chi connectivity index (χ4v) is 2.61. The zero-order chi connectivity index (χ0) is 12.7. The molecule has 2 atom stereocenters. The lowest BCUT2D eigenvalue weighted by atomic mass is 10.00. The largest absolute Gasteiger partial charge is 0.391 e. The van der Waals surface area contributed by atoms with Crippen molar-refractivity contribution in [2.24, 2.45) is 0 Å². The predicted molar refractivity (Wildman–Crippen MR) is 73.3 cm³/mol. The van der Waals surface area contributed by atoms with Crippen molar-refractivity contribution in [2.45, 2.75) is 57.6 Å². The molecule has 3 heteroatoms. The maximum atomic E-state index is 10.3. The lowest BCUT2D eigenvalue weighted by molar-refractivity contribution is 0.00974. The molecule has 0 aromatic heterocycles. The molecule has 102 valence electrons. The summed E-state index contributed by atoms with van der Waals surface area (Å²) in [5, 5.41) is 10.3. The molecule has 17 heavy (non-hydrogen) atoms. The summed E-state index contributed by atoms with van der Waals surface area (Å²) in [5.41, 5.74) is 0. The highest BCUT2D eigenvalue weighted by Crippen LogP contribution is 2.15. The lowest BCUT2D eigenvalue weighted by Crippen LogP contribution is -2.55. The quantitative estimate of drug-likeness (QED) is 0.691. The van der Waals surface area contributed by atoms with Gasteiger partial charge in [-0.15, -0.1) is 0 Å². The van der Waals surface area contributed by atoms with Gasteiger partial charge in [-0.2, -0.15) is 0 Å². The highest BCUT2D eigenvalue weighted by atomic mass is 16.3. The molecule has 0 amide bonds. The molecule has 0 aromatic rings. The Hall–Kier alpha value is -0.120. The van der Waals surface area contributed by atoms with Gasteiger partial charge in [-0.25, -0.2) is 0 Å². The summed E-state index contributed by atoms with van der Waals surface area (Å²) >= 11 is 0. The molecule has 0 radical (unpaired) electrons. The van der Waals surface area contributed by atoms with Gasteiger partial charge in [0.05, 0.1) is 6.10 Å². The fraction of sp³-hybridized carbons (Fsp3) is 1.00. The Kier molecular flexibility index (Phi) is 7.09. The molecule has 1 saturated heterocycles. The van der Waals surface area contributed by atoms with Crippen LogP contribution in [0.3, 0.4) is 0 Å². The first-order valence-corrected chi connectivity index (χ1v) is 7.22. The third-order valence-corrected chi connectivity index (χ3v) is 3.95. The van der Waals surface area contributed by atoms with Crippen molar-refractivity contribution >= 4 is 0 Å². The van der Waals surface area contributed by atoms with Gasteiger partial charge in [0.1, 0.15) is 0 Å². The number of aliphatic hydroxyl groups excluding tert-OH is 1. The van der Waals surface area contributed by atoms with Crippen LogP contribution in [0.1, 0.15) is 45.4 Å². The van der Waals surface area contributed by atoms with Crippen LogP contribution in [0.2, 0.25) is 0 Å². The van der Waals surface area contributed by atoms with Crippen LogP contribution in [0, 0.1) is 0 Å². The summed E-state index contributed by atoms with van der Waals surface area (Å²) in [7, 11) is 4.28. The van der Waals surface area contributed by atoms with Crippen LogP contribution < -0.4 is 0 Å². The monoisotopic (exact) mass is 242 g/mol. The topological polar surface area (TPSA) is 26.7 Å². The van der Waals surface area contributed by atoms with Crippen LogP contribution in [0.4, 0.5) is 0 Å². The smallest absolute Gasteiger partial charge is 0.0707 e. The van der Waals surface area contributed by atoms with E-state index in [9.17, 15) is 5.11 Å². The van der Waals surface area contributed by atoms with E-state index in [1.54, 1.807) is 0 Å². The summed E-state index contributed by atoms with van der Waals surface area (Å²) < 4.78 is 0. The Labute approximate surface area is 107 Å². The summed E-state index contributed by atoms with van der Waals surface area (Å²) in [5.74, 6) is 0. The van der Waals surface area contributed by atoms with Crippen molar-refractivity contribution in [3.63, 3.8) is 0 Å². The van der Waals surface area contributed by atoms with Crippen molar-refractivity contribution in [3.8, 4) is 0 Å². The van der Waals surface area contributed by atoms with Crippen molar-refractivity contribution in [1.82, 2.24) is 9.80 Å². The standard InChI is InChI=1S/C14H30N2O/c1-4-5-6-7-8-9-14(17)13-12-15(2)10-11-16(13)3/h13-14,17H,4-12H2,1-3H3. The zero-order valence-corrected chi connectivity index (χ0v) is 11.9. The van der Waals surface area contributed by atoms with E-state index in [2.05, 4.69) is 30.8 Å². The molecule has 1 rings (SSSR count). The number of hydrogen-bond donors (Lipinski definition) is 1. The molecule has 1 N–H and O–H groups in total. The first-order chi connectivity index (χ1) is 8.15. The number of hydrogen-bond acceptors (Lipinski definition) is 3. The molecule has 1 fully saturated rings. The van der Waals surface area contributed by atoms with E-state index in [1.165, 1.54) is 32.1 Å². The van der Waals surface area contributed by atoms with E-state index < -0.39 is 0 Å². The minimum atomic E-state index is -0.149. The van der Waals surface area contributed by atoms with E-state index in [1.807, 2.05) is 0 Å². The number of aliphatic hydroxyl groups is 1. The van der Waals surface area contributed by atoms with Crippen molar-refractivity contribution in [2.75, 3.05) is 33.7 Å². The zero-order valence-electron chi connectivity index (χ0n) is 11.9. The van der Waals surface area contributed by atoms with Gasteiger partial charge in [0.25, 0.3) is 0 Å². The highest BCUT2D eigenvalue weighted by Gasteiger charge is 2.27. The Morgan fingerprint density at radius 1 is 1.12 bits per heavy atom. The van der Waals surface area contributed by atoms with Crippen LogP contribution in [0.15, 0.2) is 0 Å². The van der Waals surface area contributed by atoms with Gasteiger partial charge < -0.3 is 10.0 Å². The minimum absolute atomic E-state index is 0.149. The fourth-order valence-electron chi connectivity index (χ4n) is 2.61. The van der Waals surface area contributed by atoms with Gasteiger partial charge in [0.2, 0.25) is 0 Å². The van der Waals surface area contributed by atoms with Gasteiger partial charge in [-0.3, -0.25) is 4.90 Å². The SMILES string of the molecule is CCCCCCCC(O)C1CN(C)CCN1C. The molecule has 0 bridgehead atoms. The van der Waals surface area contributed by atoms with E-state index in [-0.39, 0.29) is 6.10 Å². The van der Waals surface area contributed by atoms with Gasteiger partial charge >= 0.3 is 0 Å². The Morgan fingerprint density at radius 3 is 2.53 bits per heavy atom. The molecule has 0 saturated carbocycles. The van der Waals surface area contributed by atoms with Gasteiger partial charge in [0, 0.05) is 25.7 Å². The van der Waals surface area contributed by atoms with Crippen molar-refractivity contribution in [3.05, 3.63) is 0 Å². The molecule has 0 spiro atoms. The summed E-state index contributed by atoms with van der Waals surface area (Å²) in [6.45, 7) is 5.44. The number of likely N-dealkylation sites (N-methyl/N-ethyl adjacent to an activating group) is 2. The number of piperazine rings is 1. The highest BCUT2D eigenvalue weighted by molar-refractivity contribution is 4.84. The molecule has 1 aliphatic rings. The Morgan fingerprint density at radius 2 is 1.82 bits per heavy atom. The summed E-state index contributed by atoms with van der Waals surface area (Å²) in [4.78, 5) is 4.64. The van der Waals surface area contributed by atoms with Crippen molar-refractivity contribution < 1.29 is 5.11 Å². The average Bonchev–Trinajstić information content (AvgIpc) is 2.32. The number of rotatable bonds is 7. The van der Waals surface area contributed by atoms with Crippen LogP contribution in [-0.2, 0) is 0 Å². The Balaban J connectivity index is 2.18. The van der Waals surface area contributed by atoms with Crippen LogP contribution in [0.25, 0.3) is 0 Å². The maximum Gasteiger partial charge on any atom is 0.0707 e. The molecule has 3 nitrogen and oxygen atoms in total. The van der Waals surface area contributed by atoms with Gasteiger partial charge in [-0.05, 0) is 20.5 Å². The van der Waals surface area contributed by atoms with Crippen LogP contribution in [-0.4, -0.2) is 60.8 Å². The molecular weight excluding hydrogens is 212 g/mol. The molecule has 0 aliphatic carbocycles. The molecular formula is C14H30N2O. The lowest BCUT2D eigenvalue weighted by Gasteiger charge is -2.40. The van der Waals surface area contributed by atoms with E-state index >= 15 is 0 Å². The summed E-state index contributed by atoms with van der Waals surface area (Å²) in [6.07, 6.45) is 7.22. The van der Waals surface area contributed by atoms with E-state index in [0.717, 1.165) is 26.1 Å². The molecule has 1 aliphatic heterocycles. The second-order valence-electron chi connectivity index (χ2n) is 5.58. The minimum Gasteiger partial charge on any atom is -0.391 e. The predicted octanol–water partition coefficient (Wildman–Crippen LogP) is 1.95.